The van der Waals surface area contributed by atoms with Gasteiger partial charge in [0.25, 0.3) is 5.91 Å². The number of carbonyl (C=O) groups is 17. The second-order valence-electron chi connectivity index (χ2n) is 33.6. The minimum Gasteiger partial charge on any atom is -0.463 e. The van der Waals surface area contributed by atoms with Crippen LogP contribution in [0.1, 0.15) is 221 Å². The molecule has 48 nitrogen and oxygen atoms in total. The number of fused-ring (bicyclic) bond motifs is 1. The Hall–Kier alpha value is -10.8. The Morgan fingerprint density at radius 2 is 0.729 bits per heavy atom. The van der Waals surface area contributed by atoms with Crippen LogP contribution < -0.4 is 47.4 Å². The van der Waals surface area contributed by atoms with E-state index < -0.39 is 220 Å². The van der Waals surface area contributed by atoms with E-state index in [1.54, 1.807) is 23.1 Å². The number of nitrogens with one attached hydrogen (secondary N) is 8. The number of ether oxygens (including phenoxy) is 18. The van der Waals surface area contributed by atoms with Crippen LogP contribution in [0.25, 0.3) is 0 Å². The smallest absolute Gasteiger partial charge is 0.463 e. The van der Waals surface area contributed by atoms with Gasteiger partial charge in [-0.15, -0.1) is 0 Å². The molecule has 49 heteroatoms. The highest BCUT2D eigenvalue weighted by atomic mass is 31.2. The van der Waals surface area contributed by atoms with Gasteiger partial charge in [0.2, 0.25) is 35.4 Å². The van der Waals surface area contributed by atoms with Gasteiger partial charge in [-0.1, -0.05) is 57.8 Å². The van der Waals surface area contributed by atoms with E-state index in [4.69, 9.17) is 96.2 Å². The standard InChI is InChI=1S/C91H140N9O39P/c1-14-129-140(118,119)130-45-30-22-18-26-40-95-90(117)100-41-33-68-49-69(31-32-70(68)100)86(116)99-91(53-120-46-34-74(113)92-37-23-15-19-27-42-123-87-77(96-56(2)101)83(134-65(11)110)80(131-62(8)107)71(137-87)50-126-59(5)104,54-121-47-35-75(114)93-38-24-16-20-28-43-124-88-78(97-57(3)102)84(135-66(12)111)81(132-63(9)108)72(138-88)51-127-60(6)105)55-122-48-36-76(115)94-39-25-17-21-29-44-125-89-79(98-58(4)103)85(136-67(13)112)82(133-64(10)109)73(139-89)52-128-61(7)106/h1,31-32,49,71-73,77-85,87-89H,15-30,33-48,50-55H2,2-13H3,(H,92,113)(H,93,114)(H,94,115)(H,95,117)(H,96,101)(H,97,102)(H,98,103)(H,99,116)(H,118,119). The number of phosphoric ester groups is 1. The second-order valence-corrected chi connectivity index (χ2v) is 35.0. The van der Waals surface area contributed by atoms with E-state index in [1.807, 2.05) is 0 Å². The molecular weight excluding hydrogens is 1870 g/mol. The molecule has 9 N–H and O–H groups in total. The number of anilines is 1. The maximum atomic E-state index is 14.9. The van der Waals surface area contributed by atoms with Gasteiger partial charge in [0.05, 0.1) is 46.2 Å². The predicted molar refractivity (Wildman–Crippen MR) is 486 cm³/mol. The van der Waals surface area contributed by atoms with Crippen molar-refractivity contribution in [1.82, 2.24) is 42.5 Å². The van der Waals surface area contributed by atoms with Crippen LogP contribution in [0.2, 0.25) is 0 Å². The monoisotopic (exact) mass is 2010 g/mol. The number of urea groups is 1. The van der Waals surface area contributed by atoms with Crippen LogP contribution >= 0.6 is 7.82 Å². The number of rotatable bonds is 65. The molecule has 4 aliphatic rings. The zero-order chi connectivity index (χ0) is 103. The summed E-state index contributed by atoms with van der Waals surface area (Å²) in [6.07, 6.45) is 0.0764. The van der Waals surface area contributed by atoms with Crippen molar-refractivity contribution in [2.75, 3.05) is 124 Å². The van der Waals surface area contributed by atoms with E-state index in [1.165, 1.54) is 26.8 Å². The number of hydrogen-bond acceptors (Lipinski definition) is 38. The third-order valence-corrected chi connectivity index (χ3v) is 22.3. The Balaban J connectivity index is 1.28. The highest BCUT2D eigenvalue weighted by Gasteiger charge is 2.55. The minimum atomic E-state index is -4.35. The van der Waals surface area contributed by atoms with Crippen molar-refractivity contribution in [3.05, 3.63) is 29.3 Å². The topological polar surface area (TPSA) is 612 Å². The molecule has 3 fully saturated rings. The van der Waals surface area contributed by atoms with Crippen molar-refractivity contribution >= 4 is 115 Å². The Morgan fingerprint density at radius 3 is 1.04 bits per heavy atom. The second kappa shape index (κ2) is 64.6. The van der Waals surface area contributed by atoms with Gasteiger partial charge in [-0.25, -0.2) is 9.36 Å². The van der Waals surface area contributed by atoms with Crippen LogP contribution in [0.15, 0.2) is 18.2 Å². The van der Waals surface area contributed by atoms with Crippen LogP contribution in [0.4, 0.5) is 10.5 Å². The van der Waals surface area contributed by atoms with Gasteiger partial charge in [0.15, 0.2) is 55.5 Å². The van der Waals surface area contributed by atoms with Gasteiger partial charge in [-0.2, -0.15) is 0 Å². The van der Waals surface area contributed by atoms with Crippen molar-refractivity contribution in [2.45, 2.75) is 309 Å². The largest absolute Gasteiger partial charge is 0.535 e. The van der Waals surface area contributed by atoms with E-state index in [9.17, 15) is 91.0 Å². The van der Waals surface area contributed by atoms with E-state index in [0.29, 0.717) is 127 Å². The third-order valence-electron chi connectivity index (χ3n) is 21.4. The Bertz CT molecular complexity index is 3980. The van der Waals surface area contributed by atoms with Crippen LogP contribution in [-0.2, 0) is 177 Å². The molecule has 0 bridgehead atoms. The van der Waals surface area contributed by atoms with Crippen molar-refractivity contribution in [3.8, 4) is 12.5 Å². The number of carbonyl (C=O) groups excluding carboxylic acids is 17. The molecule has 4 heterocycles. The lowest BCUT2D eigenvalue weighted by Crippen LogP contribution is -2.66. The Kier molecular flexibility index (Phi) is 55.2. The molecule has 3 saturated heterocycles. The van der Waals surface area contributed by atoms with Crippen LogP contribution in [0.3, 0.4) is 0 Å². The van der Waals surface area contributed by atoms with E-state index >= 15 is 0 Å². The normalized spacial score (nSPS) is 22.1. The molecule has 0 spiro atoms. The van der Waals surface area contributed by atoms with Crippen LogP contribution in [0, 0.1) is 12.5 Å². The van der Waals surface area contributed by atoms with Crippen molar-refractivity contribution < 1.29 is 185 Å². The fourth-order valence-electron chi connectivity index (χ4n) is 15.3. The van der Waals surface area contributed by atoms with Gasteiger partial charge in [-0.3, -0.25) is 91.0 Å². The first-order valence-corrected chi connectivity index (χ1v) is 48.3. The Labute approximate surface area is 813 Å². The number of nitrogens with zero attached hydrogens (tertiary/aromatic N) is 1. The van der Waals surface area contributed by atoms with Crippen molar-refractivity contribution in [3.63, 3.8) is 0 Å². The summed E-state index contributed by atoms with van der Waals surface area (Å²) in [4.78, 5) is 227. The molecule has 0 radical (unpaired) electrons. The number of amides is 9. The van der Waals surface area contributed by atoms with Crippen molar-refractivity contribution in [2.24, 2.45) is 0 Å². The first kappa shape index (κ1) is 120. The highest BCUT2D eigenvalue weighted by molar-refractivity contribution is 7.47. The molecule has 0 aliphatic carbocycles. The summed E-state index contributed by atoms with van der Waals surface area (Å²) in [5.41, 5.74) is -0.240. The molecule has 788 valence electrons. The number of hydrogen-bond donors (Lipinski definition) is 9. The Morgan fingerprint density at radius 1 is 0.414 bits per heavy atom. The van der Waals surface area contributed by atoms with E-state index in [2.05, 4.69) is 47.1 Å². The molecule has 1 aromatic carbocycles. The summed E-state index contributed by atoms with van der Waals surface area (Å²) in [6.45, 7) is 12.5. The molecule has 140 heavy (non-hydrogen) atoms. The number of unbranched alkanes of at least 4 members (excludes halogenated alkanes) is 12. The summed E-state index contributed by atoms with van der Waals surface area (Å²) in [5, 5.41) is 22.6. The lowest BCUT2D eigenvalue weighted by molar-refractivity contribution is -0.277. The zero-order valence-corrected chi connectivity index (χ0v) is 82.6. The van der Waals surface area contributed by atoms with Crippen LogP contribution in [0.5, 0.6) is 0 Å². The van der Waals surface area contributed by atoms with Gasteiger partial charge >= 0.3 is 67.6 Å². The molecule has 5 rings (SSSR count). The number of terminal acetylenes is 1. The maximum Gasteiger partial charge on any atom is 0.535 e. The summed E-state index contributed by atoms with van der Waals surface area (Å²) >= 11 is 0. The zero-order valence-electron chi connectivity index (χ0n) is 81.7. The predicted octanol–water partition coefficient (Wildman–Crippen LogP) is 2.78. The number of phosphoric acid groups is 1. The molecule has 0 aromatic heterocycles. The van der Waals surface area contributed by atoms with Gasteiger partial charge in [0.1, 0.15) is 67.9 Å². The molecule has 16 unspecified atom stereocenters. The first-order chi connectivity index (χ1) is 66.6. The lowest BCUT2D eigenvalue weighted by Gasteiger charge is -2.44. The molecule has 16 atom stereocenters. The van der Waals surface area contributed by atoms with Crippen molar-refractivity contribution in [1.29, 1.82) is 0 Å². The number of esters is 9. The van der Waals surface area contributed by atoms with E-state index in [-0.39, 0.29) is 123 Å². The van der Waals surface area contributed by atoms with Gasteiger partial charge in [0, 0.05) is 166 Å². The number of benzene rings is 1. The molecule has 1 aromatic rings. The lowest BCUT2D eigenvalue weighted by atomic mass is 9.96. The fraction of sp³-hybridized carbons (Fsp3) is 0.725. The molecular formula is C91H140N9O39P. The fourth-order valence-corrected chi connectivity index (χ4v) is 15.9. The average Bonchev–Trinajstić information content (AvgIpc) is 1.11. The molecule has 4 aliphatic heterocycles. The van der Waals surface area contributed by atoms with Gasteiger partial charge in [-0.05, 0) is 81.5 Å². The maximum absolute atomic E-state index is 14.9. The third kappa shape index (κ3) is 46.7. The summed E-state index contributed by atoms with van der Waals surface area (Å²) < 4.78 is 125. The SMILES string of the molecule is C#COP(=O)(O)OCCCCCCNC(=O)N1CCc2cc(C(=O)NC(COCCC(=O)NCCCCCCOC3OC(COC(C)=O)C(OC(C)=O)C(OC(C)=O)C3NC(C)=O)(COCCC(=O)NCCCCCCOC3OC(COC(C)=O)C(OC(C)=O)C(OC(C)=O)C3NC(C)=O)COCCC(=O)NCCCCCCOC3OC(COC(C)=O)C(OC(C)=O)C(OC(C)=O)C3NC(C)=O)ccc21. The highest BCUT2D eigenvalue weighted by Crippen LogP contribution is 2.43. The summed E-state index contributed by atoms with van der Waals surface area (Å²) in [5.74, 6) is -10.0. The van der Waals surface area contributed by atoms with Crippen LogP contribution in [-0.4, -0.2) is 322 Å². The summed E-state index contributed by atoms with van der Waals surface area (Å²) in [7, 11) is -4.35. The summed E-state index contributed by atoms with van der Waals surface area (Å²) in [6, 6.07) is 0.956. The molecule has 0 saturated carbocycles. The first-order valence-electron chi connectivity index (χ1n) is 46.8. The van der Waals surface area contributed by atoms with Gasteiger partial charge < -0.3 is 132 Å². The minimum absolute atomic E-state index is 0.0682. The van der Waals surface area contributed by atoms with E-state index in [0.717, 1.165) is 62.3 Å². The average molecular weight is 2020 g/mol. The quantitative estimate of drug-likeness (QED) is 0.0149. The molecule has 9 amide bonds.